The molecule has 0 saturated heterocycles. The van der Waals surface area contributed by atoms with Crippen molar-refractivity contribution in [3.05, 3.63) is 72.3 Å². The average Bonchev–Trinajstić information content (AvgIpc) is 3.09. The first kappa shape index (κ1) is 13.4. The second-order valence-electron chi connectivity index (χ2n) is 4.74. The third kappa shape index (κ3) is 2.66. The summed E-state index contributed by atoms with van der Waals surface area (Å²) in [4.78, 5) is 6.87. The second kappa shape index (κ2) is 5.81. The van der Waals surface area contributed by atoms with Gasteiger partial charge < -0.3 is 14.8 Å². The molecule has 1 unspecified atom stereocenters. The van der Waals surface area contributed by atoms with Gasteiger partial charge in [0, 0.05) is 5.56 Å². The fourth-order valence-electron chi connectivity index (χ4n) is 2.33. The molecule has 21 heavy (non-hydrogen) atoms. The van der Waals surface area contributed by atoms with E-state index in [0.29, 0.717) is 5.69 Å². The molecule has 4 heteroatoms. The maximum atomic E-state index is 10.4. The van der Waals surface area contributed by atoms with Crippen LogP contribution in [0.15, 0.2) is 61.1 Å². The zero-order chi connectivity index (χ0) is 14.7. The van der Waals surface area contributed by atoms with Gasteiger partial charge in [-0.25, -0.2) is 4.98 Å². The van der Waals surface area contributed by atoms with Gasteiger partial charge in [-0.3, -0.25) is 0 Å². The van der Waals surface area contributed by atoms with Crippen LogP contribution in [-0.4, -0.2) is 22.2 Å². The lowest BCUT2D eigenvalue weighted by Crippen LogP contribution is -2.01. The molecule has 0 aliphatic heterocycles. The molecular weight excluding hydrogens is 264 g/mol. The van der Waals surface area contributed by atoms with Crippen molar-refractivity contribution in [2.24, 2.45) is 0 Å². The Bertz CT molecular complexity index is 709. The number of ether oxygens (including phenoxy) is 1. The van der Waals surface area contributed by atoms with E-state index >= 15 is 0 Å². The predicted octanol–water partition coefficient (Wildman–Crippen LogP) is 3.17. The summed E-state index contributed by atoms with van der Waals surface area (Å²) in [6.45, 7) is 0. The van der Waals surface area contributed by atoms with Crippen LogP contribution < -0.4 is 4.74 Å². The summed E-state index contributed by atoms with van der Waals surface area (Å²) in [5.41, 5.74) is 3.46. The highest BCUT2D eigenvalue weighted by Crippen LogP contribution is 2.33. The molecule has 1 heterocycles. The van der Waals surface area contributed by atoms with Crippen LogP contribution in [0.2, 0.25) is 0 Å². The van der Waals surface area contributed by atoms with Gasteiger partial charge in [-0.2, -0.15) is 0 Å². The number of aliphatic hydroxyl groups is 1. The van der Waals surface area contributed by atoms with Crippen LogP contribution in [0, 0.1) is 0 Å². The Kier molecular flexibility index (Phi) is 3.71. The third-order valence-electron chi connectivity index (χ3n) is 3.44. The normalized spacial score (nSPS) is 12.1. The highest BCUT2D eigenvalue weighted by molar-refractivity contribution is 5.71. The first-order valence-corrected chi connectivity index (χ1v) is 6.69. The van der Waals surface area contributed by atoms with Gasteiger partial charge in [0.2, 0.25) is 0 Å². The predicted molar refractivity (Wildman–Crippen MR) is 81.1 cm³/mol. The van der Waals surface area contributed by atoms with Gasteiger partial charge in [0.15, 0.2) is 0 Å². The fraction of sp³-hybridized carbons (Fsp3) is 0.118. The minimum atomic E-state index is -0.735. The molecule has 0 saturated carbocycles. The lowest BCUT2D eigenvalue weighted by atomic mass is 9.98. The number of benzene rings is 2. The van der Waals surface area contributed by atoms with Crippen LogP contribution in [0.4, 0.5) is 0 Å². The van der Waals surface area contributed by atoms with Crippen molar-refractivity contribution in [3.63, 3.8) is 0 Å². The van der Waals surface area contributed by atoms with Gasteiger partial charge in [0.1, 0.15) is 11.9 Å². The maximum Gasteiger partial charge on any atom is 0.126 e. The number of H-pyrrole nitrogens is 1. The molecule has 2 N–H and O–H groups in total. The van der Waals surface area contributed by atoms with Gasteiger partial charge in [-0.1, -0.05) is 36.4 Å². The summed E-state index contributed by atoms with van der Waals surface area (Å²) in [6.07, 6.45) is 2.44. The number of aliphatic hydroxyl groups excluding tert-OH is 1. The standard InChI is InChI=1S/C17H16N2O2/c1-21-16-8-7-13(17(20)15-10-18-11-19-15)9-14(16)12-5-3-2-4-6-12/h2-11,17,20H,1H3,(H,18,19). The molecule has 0 bridgehead atoms. The maximum absolute atomic E-state index is 10.4. The Morgan fingerprint density at radius 1 is 1.14 bits per heavy atom. The average molecular weight is 280 g/mol. The zero-order valence-electron chi connectivity index (χ0n) is 11.7. The van der Waals surface area contributed by atoms with Crippen molar-refractivity contribution in [3.8, 4) is 16.9 Å². The number of methoxy groups -OCH3 is 1. The molecule has 3 rings (SSSR count). The smallest absolute Gasteiger partial charge is 0.126 e. The van der Waals surface area contributed by atoms with E-state index in [1.54, 1.807) is 19.6 Å². The molecule has 4 nitrogen and oxygen atoms in total. The number of nitrogens with one attached hydrogen (secondary N) is 1. The molecule has 3 aromatic rings. The van der Waals surface area contributed by atoms with Gasteiger partial charge in [-0.05, 0) is 23.3 Å². The minimum Gasteiger partial charge on any atom is -0.496 e. The van der Waals surface area contributed by atoms with E-state index in [1.807, 2.05) is 48.5 Å². The molecular formula is C17H16N2O2. The molecule has 0 radical (unpaired) electrons. The number of aromatic nitrogens is 2. The van der Waals surface area contributed by atoms with E-state index < -0.39 is 6.10 Å². The lowest BCUT2D eigenvalue weighted by Gasteiger charge is -2.14. The summed E-state index contributed by atoms with van der Waals surface area (Å²) in [5.74, 6) is 0.779. The van der Waals surface area contributed by atoms with Crippen molar-refractivity contribution in [1.29, 1.82) is 0 Å². The number of hydrogen-bond acceptors (Lipinski definition) is 3. The van der Waals surface area contributed by atoms with Crippen LogP contribution in [0.5, 0.6) is 5.75 Å². The van der Waals surface area contributed by atoms with Crippen LogP contribution in [-0.2, 0) is 0 Å². The molecule has 0 aliphatic rings. The first-order valence-electron chi connectivity index (χ1n) is 6.69. The lowest BCUT2D eigenvalue weighted by molar-refractivity contribution is 0.216. The zero-order valence-corrected chi connectivity index (χ0v) is 11.7. The molecule has 0 spiro atoms. The van der Waals surface area contributed by atoms with Gasteiger partial charge in [0.05, 0.1) is 25.3 Å². The first-order chi connectivity index (χ1) is 10.3. The van der Waals surface area contributed by atoms with Crippen LogP contribution in [0.3, 0.4) is 0 Å². The van der Waals surface area contributed by atoms with E-state index in [1.165, 1.54) is 0 Å². The number of rotatable bonds is 4. The highest BCUT2D eigenvalue weighted by atomic mass is 16.5. The van der Waals surface area contributed by atoms with Crippen molar-refractivity contribution >= 4 is 0 Å². The van der Waals surface area contributed by atoms with E-state index in [9.17, 15) is 5.11 Å². The third-order valence-corrected chi connectivity index (χ3v) is 3.44. The number of aromatic amines is 1. The van der Waals surface area contributed by atoms with Crippen molar-refractivity contribution < 1.29 is 9.84 Å². The minimum absolute atomic E-state index is 0.666. The van der Waals surface area contributed by atoms with Crippen LogP contribution in [0.25, 0.3) is 11.1 Å². The molecule has 1 atom stereocenters. The quantitative estimate of drug-likeness (QED) is 0.771. The van der Waals surface area contributed by atoms with Gasteiger partial charge in [0.25, 0.3) is 0 Å². The summed E-state index contributed by atoms with van der Waals surface area (Å²) in [5, 5.41) is 10.4. The molecule has 0 aliphatic carbocycles. The van der Waals surface area contributed by atoms with Crippen LogP contribution in [0.1, 0.15) is 17.4 Å². The summed E-state index contributed by atoms with van der Waals surface area (Å²) < 4.78 is 5.42. The van der Waals surface area contributed by atoms with E-state index in [2.05, 4.69) is 9.97 Å². The summed E-state index contributed by atoms with van der Waals surface area (Å²) in [7, 11) is 1.65. The Balaban J connectivity index is 2.05. The second-order valence-corrected chi connectivity index (χ2v) is 4.74. The SMILES string of the molecule is COc1ccc(C(O)c2cnc[nH]2)cc1-c1ccccc1. The Labute approximate surface area is 123 Å². The molecule has 0 fully saturated rings. The fourth-order valence-corrected chi connectivity index (χ4v) is 2.33. The molecule has 1 aromatic heterocycles. The van der Waals surface area contributed by atoms with Crippen molar-refractivity contribution in [1.82, 2.24) is 9.97 Å². The Hall–Kier alpha value is -2.59. The van der Waals surface area contributed by atoms with E-state index in [0.717, 1.165) is 22.4 Å². The van der Waals surface area contributed by atoms with Crippen molar-refractivity contribution in [2.75, 3.05) is 7.11 Å². The Morgan fingerprint density at radius 3 is 2.62 bits per heavy atom. The summed E-state index contributed by atoms with van der Waals surface area (Å²) >= 11 is 0. The number of nitrogens with zero attached hydrogens (tertiary/aromatic N) is 1. The molecule has 106 valence electrons. The Morgan fingerprint density at radius 2 is 1.95 bits per heavy atom. The summed E-state index contributed by atoms with van der Waals surface area (Å²) in [6, 6.07) is 15.6. The van der Waals surface area contributed by atoms with Gasteiger partial charge >= 0.3 is 0 Å². The topological polar surface area (TPSA) is 58.1 Å². The molecule has 2 aromatic carbocycles. The number of imidazole rings is 1. The van der Waals surface area contributed by atoms with Crippen molar-refractivity contribution in [2.45, 2.75) is 6.10 Å². The van der Waals surface area contributed by atoms with Gasteiger partial charge in [-0.15, -0.1) is 0 Å². The monoisotopic (exact) mass is 280 g/mol. The van der Waals surface area contributed by atoms with Crippen LogP contribution >= 0.6 is 0 Å². The molecule has 0 amide bonds. The largest absolute Gasteiger partial charge is 0.496 e. The number of hydrogen-bond donors (Lipinski definition) is 2. The van der Waals surface area contributed by atoms with E-state index in [-0.39, 0.29) is 0 Å². The highest BCUT2D eigenvalue weighted by Gasteiger charge is 2.15. The van der Waals surface area contributed by atoms with E-state index in [4.69, 9.17) is 4.74 Å².